The summed E-state index contributed by atoms with van der Waals surface area (Å²) in [5, 5.41) is 0. The van der Waals surface area contributed by atoms with Gasteiger partial charge in [-0.15, -0.1) is 0 Å². The summed E-state index contributed by atoms with van der Waals surface area (Å²) in [5.74, 6) is -0.472. The first-order chi connectivity index (χ1) is 10.6. The van der Waals surface area contributed by atoms with Crippen molar-refractivity contribution in [2.45, 2.75) is 13.8 Å². The van der Waals surface area contributed by atoms with Crippen LogP contribution in [0, 0.1) is 5.82 Å². The highest BCUT2D eigenvalue weighted by Gasteiger charge is 2.02. The summed E-state index contributed by atoms with van der Waals surface area (Å²) in [6.45, 7) is 6.18. The van der Waals surface area contributed by atoms with Crippen LogP contribution in [0.3, 0.4) is 0 Å². The van der Waals surface area contributed by atoms with E-state index in [0.29, 0.717) is 5.56 Å². The molecule has 2 aromatic rings. The summed E-state index contributed by atoms with van der Waals surface area (Å²) in [5.41, 5.74) is 2.62. The first-order valence-electron chi connectivity index (χ1n) is 7.47. The van der Waals surface area contributed by atoms with Crippen molar-refractivity contribution in [3.05, 3.63) is 71.6 Å². The Morgan fingerprint density at radius 1 is 1.00 bits per heavy atom. The monoisotopic (exact) mass is 297 g/mol. The minimum atomic E-state index is -0.340. The van der Waals surface area contributed by atoms with Gasteiger partial charge in [-0.1, -0.05) is 18.2 Å². The maximum absolute atomic E-state index is 12.8. The number of ketones is 1. The van der Waals surface area contributed by atoms with Gasteiger partial charge in [0, 0.05) is 24.3 Å². The van der Waals surface area contributed by atoms with E-state index in [1.807, 2.05) is 12.1 Å². The van der Waals surface area contributed by atoms with Crippen LogP contribution in [-0.4, -0.2) is 18.9 Å². The van der Waals surface area contributed by atoms with E-state index in [-0.39, 0.29) is 11.6 Å². The standard InChI is InChI=1S/C19H20FNO/c1-3-21(4-2)18-12-5-15(6-13-18)7-14-19(22)16-8-10-17(20)11-9-16/h5-14H,3-4H2,1-2H3/b14-7-. The fourth-order valence-corrected chi connectivity index (χ4v) is 2.27. The summed E-state index contributed by atoms with van der Waals surface area (Å²) in [6.07, 6.45) is 3.29. The molecule has 0 aliphatic carbocycles. The average molecular weight is 297 g/mol. The highest BCUT2D eigenvalue weighted by atomic mass is 19.1. The molecule has 0 aliphatic heterocycles. The van der Waals surface area contributed by atoms with Crippen LogP contribution in [0.15, 0.2) is 54.6 Å². The maximum Gasteiger partial charge on any atom is 0.185 e. The minimum Gasteiger partial charge on any atom is -0.372 e. The summed E-state index contributed by atoms with van der Waals surface area (Å²) in [4.78, 5) is 14.2. The second-order valence-corrected chi connectivity index (χ2v) is 4.97. The molecule has 0 aliphatic rings. The molecule has 0 atom stereocenters. The lowest BCUT2D eigenvalue weighted by Gasteiger charge is -2.20. The predicted molar refractivity (Wildman–Crippen MR) is 89.8 cm³/mol. The van der Waals surface area contributed by atoms with E-state index >= 15 is 0 Å². The number of hydrogen-bond acceptors (Lipinski definition) is 2. The Morgan fingerprint density at radius 3 is 2.14 bits per heavy atom. The Kier molecular flexibility index (Phi) is 5.48. The van der Waals surface area contributed by atoms with Gasteiger partial charge < -0.3 is 4.90 Å². The summed E-state index contributed by atoms with van der Waals surface area (Å²) >= 11 is 0. The van der Waals surface area contributed by atoms with Crippen LogP contribution in [0.4, 0.5) is 10.1 Å². The fraction of sp³-hybridized carbons (Fsp3) is 0.211. The highest BCUT2D eigenvalue weighted by Crippen LogP contribution is 2.16. The number of carbonyl (C=O) groups excluding carboxylic acids is 1. The molecule has 0 unspecified atom stereocenters. The normalized spacial score (nSPS) is 10.9. The molecular formula is C19H20FNO. The van der Waals surface area contributed by atoms with E-state index in [0.717, 1.165) is 18.7 Å². The van der Waals surface area contributed by atoms with Crippen molar-refractivity contribution >= 4 is 17.5 Å². The summed E-state index contributed by atoms with van der Waals surface area (Å²) in [6, 6.07) is 13.6. The van der Waals surface area contributed by atoms with Crippen LogP contribution in [0.25, 0.3) is 6.08 Å². The molecule has 2 aromatic carbocycles. The van der Waals surface area contributed by atoms with Crippen molar-refractivity contribution in [1.82, 2.24) is 0 Å². The second kappa shape index (κ2) is 7.55. The van der Waals surface area contributed by atoms with Gasteiger partial charge in [0.05, 0.1) is 0 Å². The largest absolute Gasteiger partial charge is 0.372 e. The SMILES string of the molecule is CCN(CC)c1ccc(/C=C\C(=O)c2ccc(F)cc2)cc1. The highest BCUT2D eigenvalue weighted by molar-refractivity contribution is 6.06. The van der Waals surface area contributed by atoms with Gasteiger partial charge in [0.1, 0.15) is 5.82 Å². The number of benzene rings is 2. The molecule has 2 rings (SSSR count). The van der Waals surface area contributed by atoms with Crippen molar-refractivity contribution in [1.29, 1.82) is 0 Å². The first-order valence-corrected chi connectivity index (χ1v) is 7.47. The molecule has 0 radical (unpaired) electrons. The van der Waals surface area contributed by atoms with E-state index in [9.17, 15) is 9.18 Å². The predicted octanol–water partition coefficient (Wildman–Crippen LogP) is 4.57. The molecule has 0 fully saturated rings. The molecule has 22 heavy (non-hydrogen) atoms. The Hall–Kier alpha value is -2.42. The van der Waals surface area contributed by atoms with Gasteiger partial charge in [-0.25, -0.2) is 4.39 Å². The van der Waals surface area contributed by atoms with Crippen LogP contribution in [0.1, 0.15) is 29.8 Å². The van der Waals surface area contributed by atoms with Gasteiger partial charge in [-0.2, -0.15) is 0 Å². The lowest BCUT2D eigenvalue weighted by molar-refractivity contribution is 0.104. The maximum atomic E-state index is 12.8. The minimum absolute atomic E-state index is 0.132. The Balaban J connectivity index is 2.06. The molecular weight excluding hydrogens is 277 g/mol. The van der Waals surface area contributed by atoms with Gasteiger partial charge >= 0.3 is 0 Å². The summed E-state index contributed by atoms with van der Waals surface area (Å²) in [7, 11) is 0. The van der Waals surface area contributed by atoms with Crippen LogP contribution >= 0.6 is 0 Å². The smallest absolute Gasteiger partial charge is 0.185 e. The molecule has 0 bridgehead atoms. The third kappa shape index (κ3) is 4.04. The lowest BCUT2D eigenvalue weighted by Crippen LogP contribution is -2.21. The molecule has 0 spiro atoms. The van der Waals surface area contributed by atoms with Crippen LogP contribution in [0.2, 0.25) is 0 Å². The zero-order valence-corrected chi connectivity index (χ0v) is 12.9. The lowest BCUT2D eigenvalue weighted by atomic mass is 10.1. The van der Waals surface area contributed by atoms with Crippen LogP contribution < -0.4 is 4.90 Å². The van der Waals surface area contributed by atoms with E-state index in [1.54, 1.807) is 6.08 Å². The fourth-order valence-electron chi connectivity index (χ4n) is 2.27. The summed E-state index contributed by atoms with van der Waals surface area (Å²) < 4.78 is 12.8. The van der Waals surface area contributed by atoms with Crippen molar-refractivity contribution in [3.63, 3.8) is 0 Å². The molecule has 0 heterocycles. The van der Waals surface area contributed by atoms with E-state index in [4.69, 9.17) is 0 Å². The zero-order chi connectivity index (χ0) is 15.9. The van der Waals surface area contributed by atoms with E-state index in [2.05, 4.69) is 30.9 Å². The van der Waals surface area contributed by atoms with Gasteiger partial charge in [0.2, 0.25) is 0 Å². The van der Waals surface area contributed by atoms with Crippen molar-refractivity contribution in [2.75, 3.05) is 18.0 Å². The topological polar surface area (TPSA) is 20.3 Å². The zero-order valence-electron chi connectivity index (χ0n) is 12.9. The third-order valence-corrected chi connectivity index (χ3v) is 3.58. The number of nitrogens with zero attached hydrogens (tertiary/aromatic N) is 1. The molecule has 3 heteroatoms. The first kappa shape index (κ1) is 16.0. The van der Waals surface area contributed by atoms with Gasteiger partial charge in [-0.05, 0) is 61.9 Å². The molecule has 114 valence electrons. The Morgan fingerprint density at radius 2 is 1.59 bits per heavy atom. The van der Waals surface area contributed by atoms with Gasteiger partial charge in [0.25, 0.3) is 0 Å². The number of hydrogen-bond donors (Lipinski definition) is 0. The Bertz CT molecular complexity index is 640. The molecule has 0 saturated carbocycles. The molecule has 0 saturated heterocycles. The van der Waals surface area contributed by atoms with Gasteiger partial charge in [0.15, 0.2) is 5.78 Å². The number of allylic oxidation sites excluding steroid dienone is 1. The van der Waals surface area contributed by atoms with Crippen LogP contribution in [-0.2, 0) is 0 Å². The number of rotatable bonds is 6. The van der Waals surface area contributed by atoms with Crippen LogP contribution in [0.5, 0.6) is 0 Å². The number of halogens is 1. The Labute approximate surface area is 130 Å². The van der Waals surface area contributed by atoms with Crippen molar-refractivity contribution in [3.8, 4) is 0 Å². The molecule has 2 nitrogen and oxygen atoms in total. The van der Waals surface area contributed by atoms with Crippen molar-refractivity contribution < 1.29 is 9.18 Å². The quantitative estimate of drug-likeness (QED) is 0.575. The van der Waals surface area contributed by atoms with E-state index in [1.165, 1.54) is 36.0 Å². The third-order valence-electron chi connectivity index (χ3n) is 3.58. The molecule has 0 aromatic heterocycles. The molecule has 0 N–H and O–H groups in total. The number of anilines is 1. The van der Waals surface area contributed by atoms with Crippen molar-refractivity contribution in [2.24, 2.45) is 0 Å². The number of carbonyl (C=O) groups is 1. The van der Waals surface area contributed by atoms with Gasteiger partial charge in [-0.3, -0.25) is 4.79 Å². The second-order valence-electron chi connectivity index (χ2n) is 4.97. The molecule has 0 amide bonds. The van der Waals surface area contributed by atoms with E-state index < -0.39 is 0 Å². The average Bonchev–Trinajstić information content (AvgIpc) is 2.55.